The molecular weight excluding hydrogens is 270 g/mol. The summed E-state index contributed by atoms with van der Waals surface area (Å²) in [6.45, 7) is 5.60. The number of carbonyl (C=O) groups excluding carboxylic acids is 1. The zero-order valence-electron chi connectivity index (χ0n) is 12.0. The van der Waals surface area contributed by atoms with E-state index in [2.05, 4.69) is 31.3 Å². The van der Waals surface area contributed by atoms with Gasteiger partial charge in [0.1, 0.15) is 0 Å². The maximum atomic E-state index is 11.3. The Balaban J connectivity index is 2.06. The lowest BCUT2D eigenvalue weighted by atomic mass is 9.98. The maximum Gasteiger partial charge on any atom is 0.222 e. The van der Waals surface area contributed by atoms with Crippen molar-refractivity contribution in [3.8, 4) is 0 Å². The van der Waals surface area contributed by atoms with Crippen LogP contribution in [0.1, 0.15) is 24.0 Å². The highest BCUT2D eigenvalue weighted by molar-refractivity contribution is 7.80. The molecule has 0 aliphatic carbocycles. The molecule has 0 radical (unpaired) electrons. The molecule has 0 bridgehead atoms. The summed E-state index contributed by atoms with van der Waals surface area (Å²) in [5, 5.41) is 3.99. The molecule has 0 spiro atoms. The highest BCUT2D eigenvalue weighted by atomic mass is 32.1. The van der Waals surface area contributed by atoms with E-state index in [0.717, 1.165) is 36.2 Å². The van der Waals surface area contributed by atoms with Crippen LogP contribution in [0.15, 0.2) is 18.2 Å². The third-order valence-corrected chi connectivity index (χ3v) is 4.18. The molecule has 20 heavy (non-hydrogen) atoms. The van der Waals surface area contributed by atoms with Crippen LogP contribution in [0.5, 0.6) is 0 Å². The van der Waals surface area contributed by atoms with E-state index >= 15 is 0 Å². The quantitative estimate of drug-likeness (QED) is 0.820. The van der Waals surface area contributed by atoms with Crippen LogP contribution in [0.3, 0.4) is 0 Å². The largest absolute Gasteiger partial charge is 0.369 e. The molecule has 3 N–H and O–H groups in total. The second kappa shape index (κ2) is 6.22. The van der Waals surface area contributed by atoms with Crippen LogP contribution >= 0.6 is 12.2 Å². The van der Waals surface area contributed by atoms with Gasteiger partial charge in [0.2, 0.25) is 5.91 Å². The molecule has 1 unspecified atom stereocenters. The highest BCUT2D eigenvalue weighted by Gasteiger charge is 2.25. The SMILES string of the molecule is Cc1cccc(C)c1NC(=S)N1CCCC(C(N)=O)C1. The Morgan fingerprint density at radius 1 is 1.40 bits per heavy atom. The lowest BCUT2D eigenvalue weighted by Crippen LogP contribution is -2.45. The van der Waals surface area contributed by atoms with Gasteiger partial charge in [0.15, 0.2) is 5.11 Å². The molecule has 1 aromatic rings. The van der Waals surface area contributed by atoms with Crippen LogP contribution in [-0.2, 0) is 4.79 Å². The van der Waals surface area contributed by atoms with Crippen LogP contribution in [0.25, 0.3) is 0 Å². The van der Waals surface area contributed by atoms with E-state index in [0.29, 0.717) is 11.7 Å². The second-order valence-corrected chi connectivity index (χ2v) is 5.77. The number of piperidine rings is 1. The molecule has 0 aromatic heterocycles. The summed E-state index contributed by atoms with van der Waals surface area (Å²) in [6.07, 6.45) is 1.81. The minimum absolute atomic E-state index is 0.0959. The van der Waals surface area contributed by atoms with Gasteiger partial charge in [-0.25, -0.2) is 0 Å². The summed E-state index contributed by atoms with van der Waals surface area (Å²) >= 11 is 5.48. The predicted molar refractivity (Wildman–Crippen MR) is 85.6 cm³/mol. The second-order valence-electron chi connectivity index (χ2n) is 5.38. The van der Waals surface area contributed by atoms with Gasteiger partial charge < -0.3 is 16.0 Å². The van der Waals surface area contributed by atoms with Gasteiger partial charge in [0.05, 0.1) is 5.92 Å². The van der Waals surface area contributed by atoms with Crippen molar-refractivity contribution in [3.63, 3.8) is 0 Å². The first-order valence-electron chi connectivity index (χ1n) is 6.90. The average Bonchev–Trinajstić information content (AvgIpc) is 2.43. The highest BCUT2D eigenvalue weighted by Crippen LogP contribution is 2.22. The number of thiocarbonyl (C=S) groups is 1. The van der Waals surface area contributed by atoms with Crippen molar-refractivity contribution < 1.29 is 4.79 Å². The van der Waals surface area contributed by atoms with Crippen molar-refractivity contribution in [3.05, 3.63) is 29.3 Å². The molecule has 1 aromatic carbocycles. The van der Waals surface area contributed by atoms with Gasteiger partial charge in [0, 0.05) is 18.8 Å². The van der Waals surface area contributed by atoms with Crippen molar-refractivity contribution in [1.82, 2.24) is 4.90 Å². The van der Waals surface area contributed by atoms with Crippen LogP contribution in [-0.4, -0.2) is 29.0 Å². The number of likely N-dealkylation sites (tertiary alicyclic amines) is 1. The monoisotopic (exact) mass is 291 g/mol. The molecule has 1 heterocycles. The topological polar surface area (TPSA) is 58.4 Å². The van der Waals surface area contributed by atoms with Crippen LogP contribution in [0.4, 0.5) is 5.69 Å². The number of amides is 1. The van der Waals surface area contributed by atoms with Crippen molar-refractivity contribution in [2.24, 2.45) is 11.7 Å². The van der Waals surface area contributed by atoms with Gasteiger partial charge in [-0.05, 0) is 50.0 Å². The number of hydrogen-bond acceptors (Lipinski definition) is 2. The Kier molecular flexibility index (Phi) is 4.60. The van der Waals surface area contributed by atoms with Gasteiger partial charge in [-0.3, -0.25) is 4.79 Å². The third kappa shape index (κ3) is 3.28. The van der Waals surface area contributed by atoms with E-state index < -0.39 is 0 Å². The number of nitrogens with two attached hydrogens (primary N) is 1. The number of nitrogens with one attached hydrogen (secondary N) is 1. The summed E-state index contributed by atoms with van der Waals surface area (Å²) < 4.78 is 0. The fourth-order valence-electron chi connectivity index (χ4n) is 2.59. The molecule has 1 atom stereocenters. The minimum Gasteiger partial charge on any atom is -0.369 e. The lowest BCUT2D eigenvalue weighted by Gasteiger charge is -2.33. The van der Waals surface area contributed by atoms with Gasteiger partial charge in [-0.15, -0.1) is 0 Å². The van der Waals surface area contributed by atoms with E-state index in [1.165, 1.54) is 0 Å². The summed E-state index contributed by atoms with van der Waals surface area (Å²) in [5.41, 5.74) is 8.78. The van der Waals surface area contributed by atoms with E-state index in [-0.39, 0.29) is 11.8 Å². The van der Waals surface area contributed by atoms with Crippen LogP contribution in [0, 0.1) is 19.8 Å². The van der Waals surface area contributed by atoms with Crippen molar-refractivity contribution in [2.45, 2.75) is 26.7 Å². The molecule has 1 fully saturated rings. The predicted octanol–water partition coefficient (Wildman–Crippen LogP) is 2.20. The number of hydrogen-bond donors (Lipinski definition) is 2. The number of para-hydroxylation sites is 1. The molecule has 1 aliphatic heterocycles. The summed E-state index contributed by atoms with van der Waals surface area (Å²) in [7, 11) is 0. The Bertz CT molecular complexity index is 510. The Hall–Kier alpha value is -1.62. The first kappa shape index (κ1) is 14.8. The van der Waals surface area contributed by atoms with Crippen molar-refractivity contribution in [2.75, 3.05) is 18.4 Å². The summed E-state index contributed by atoms with van der Waals surface area (Å²) in [6, 6.07) is 6.14. The molecule has 1 aliphatic rings. The molecule has 5 heteroatoms. The molecule has 108 valence electrons. The smallest absolute Gasteiger partial charge is 0.222 e. The van der Waals surface area contributed by atoms with E-state index in [1.807, 2.05) is 11.0 Å². The zero-order chi connectivity index (χ0) is 14.7. The first-order valence-corrected chi connectivity index (χ1v) is 7.31. The number of anilines is 1. The van der Waals surface area contributed by atoms with E-state index in [9.17, 15) is 4.79 Å². The zero-order valence-corrected chi connectivity index (χ0v) is 12.8. The first-order chi connectivity index (χ1) is 9.49. The fourth-order valence-corrected chi connectivity index (χ4v) is 2.86. The lowest BCUT2D eigenvalue weighted by molar-refractivity contribution is -0.122. The minimum atomic E-state index is -0.232. The molecule has 0 saturated carbocycles. The fraction of sp³-hybridized carbons (Fsp3) is 0.467. The number of benzene rings is 1. The number of aryl methyl sites for hydroxylation is 2. The Morgan fingerprint density at radius 2 is 2.05 bits per heavy atom. The Morgan fingerprint density at radius 3 is 2.65 bits per heavy atom. The maximum absolute atomic E-state index is 11.3. The standard InChI is InChI=1S/C15H21N3OS/c1-10-5-3-6-11(2)13(10)17-15(20)18-8-4-7-12(9-18)14(16)19/h3,5-6,12H,4,7-9H2,1-2H3,(H2,16,19)(H,17,20). The number of primary amides is 1. The average molecular weight is 291 g/mol. The third-order valence-electron chi connectivity index (χ3n) is 3.82. The van der Waals surface area contributed by atoms with E-state index in [1.54, 1.807) is 0 Å². The van der Waals surface area contributed by atoms with Gasteiger partial charge in [-0.1, -0.05) is 18.2 Å². The molecule has 1 saturated heterocycles. The summed E-state index contributed by atoms with van der Waals surface area (Å²) in [4.78, 5) is 13.4. The molecule has 2 rings (SSSR count). The molecule has 1 amide bonds. The van der Waals surface area contributed by atoms with Crippen LogP contribution < -0.4 is 11.1 Å². The summed E-state index contributed by atoms with van der Waals surface area (Å²) in [5.74, 6) is -0.328. The van der Waals surface area contributed by atoms with Crippen LogP contribution in [0.2, 0.25) is 0 Å². The van der Waals surface area contributed by atoms with Gasteiger partial charge >= 0.3 is 0 Å². The molecular formula is C15H21N3OS. The van der Waals surface area contributed by atoms with Gasteiger partial charge in [0.25, 0.3) is 0 Å². The Labute approximate surface area is 125 Å². The van der Waals surface area contributed by atoms with Crippen molar-refractivity contribution in [1.29, 1.82) is 0 Å². The van der Waals surface area contributed by atoms with Crippen molar-refractivity contribution >= 4 is 28.9 Å². The van der Waals surface area contributed by atoms with Gasteiger partial charge in [-0.2, -0.15) is 0 Å². The number of nitrogens with zero attached hydrogens (tertiary/aromatic N) is 1. The number of carbonyl (C=O) groups is 1. The number of rotatable bonds is 2. The normalized spacial score (nSPS) is 18.7. The molecule has 4 nitrogen and oxygen atoms in total. The van der Waals surface area contributed by atoms with E-state index in [4.69, 9.17) is 18.0 Å².